The van der Waals surface area contributed by atoms with Gasteiger partial charge in [0.25, 0.3) is 0 Å². The molecule has 0 saturated carbocycles. The normalized spacial score (nSPS) is 17.0. The van der Waals surface area contributed by atoms with Gasteiger partial charge in [0.2, 0.25) is 0 Å². The number of nitrogens with one attached hydrogen (secondary N) is 2. The Bertz CT molecular complexity index is 988. The monoisotopic (exact) mass is 900 g/mol. The third-order valence-electron chi connectivity index (χ3n) is 9.24. The molecule has 2 aliphatic heterocycles. The molecule has 4 N–H and O–H groups in total. The molecule has 15 nitrogen and oxygen atoms in total. The van der Waals surface area contributed by atoms with Crippen molar-refractivity contribution < 1.29 is 44.8 Å². The molecule has 2 aliphatic rings. The fourth-order valence-corrected chi connectivity index (χ4v) is 8.68. The van der Waals surface area contributed by atoms with Gasteiger partial charge in [-0.2, -0.15) is 0 Å². The van der Waals surface area contributed by atoms with Crippen LogP contribution in [-0.4, -0.2) is 147 Å². The molecule has 3 unspecified atom stereocenters. The molecule has 2 rings (SSSR count). The van der Waals surface area contributed by atoms with Gasteiger partial charge in [-0.3, -0.25) is 4.57 Å². The first-order valence-electron chi connectivity index (χ1n) is 20.1. The van der Waals surface area contributed by atoms with Crippen LogP contribution in [0.4, 0.5) is 0 Å². The zero-order valence-corrected chi connectivity index (χ0v) is 39.2. The second-order valence-electron chi connectivity index (χ2n) is 15.0. The van der Waals surface area contributed by atoms with Gasteiger partial charge in [0, 0.05) is 50.8 Å². The first kappa shape index (κ1) is 56.3. The van der Waals surface area contributed by atoms with Crippen molar-refractivity contribution >= 4 is 54.9 Å². The lowest BCUT2D eigenvalue weighted by Gasteiger charge is -2.27. The van der Waals surface area contributed by atoms with E-state index in [0.717, 1.165) is 51.4 Å². The van der Waals surface area contributed by atoms with Crippen molar-refractivity contribution in [1.82, 2.24) is 30.2 Å². The summed E-state index contributed by atoms with van der Waals surface area (Å²) in [7, 11) is 4.40. The smallest absolute Gasteiger partial charge is 0.812 e. The van der Waals surface area contributed by atoms with E-state index in [9.17, 15) is 23.8 Å². The highest BCUT2D eigenvalue weighted by Gasteiger charge is 2.17. The number of hydrogen-bond acceptors (Lipinski definition) is 16. The van der Waals surface area contributed by atoms with E-state index in [1.165, 1.54) is 110 Å². The summed E-state index contributed by atoms with van der Waals surface area (Å²) < 4.78 is 21.1. The fourth-order valence-electron chi connectivity index (χ4n) is 5.84. The number of rotatable bonds is 34. The third kappa shape index (κ3) is 51.4. The van der Waals surface area contributed by atoms with E-state index in [0.29, 0.717) is 53.3 Å². The first-order valence-corrected chi connectivity index (χ1v) is 29.0. The first-order chi connectivity index (χ1) is 25.7. The van der Waals surface area contributed by atoms with E-state index in [4.69, 9.17) is 19.6 Å². The van der Waals surface area contributed by atoms with Crippen LogP contribution >= 0.6 is 43.1 Å². The zero-order valence-electron chi connectivity index (χ0n) is 35.1. The molecule has 0 aromatic heterocycles. The van der Waals surface area contributed by atoms with E-state index in [2.05, 4.69) is 70.0 Å². The van der Waals surface area contributed by atoms with E-state index in [1.54, 1.807) is 0 Å². The average Bonchev–Trinajstić information content (AvgIpc) is 4.00. The molecule has 2 fully saturated rings. The van der Waals surface area contributed by atoms with E-state index < -0.39 is 20.3 Å². The molecule has 0 aromatic carbocycles. The van der Waals surface area contributed by atoms with Crippen LogP contribution in [0.3, 0.4) is 0 Å². The number of unbranched alkanes of at least 4 members (excludes halogenated alkanes) is 2. The van der Waals surface area contributed by atoms with Gasteiger partial charge in [0.1, 0.15) is 0 Å². The van der Waals surface area contributed by atoms with Crippen LogP contribution in [0.25, 0.3) is 0 Å². The lowest BCUT2D eigenvalue weighted by molar-refractivity contribution is -0.316. The van der Waals surface area contributed by atoms with E-state index in [1.807, 2.05) is 0 Å². The summed E-state index contributed by atoms with van der Waals surface area (Å²) in [6.45, 7) is 7.26. The highest BCUT2D eigenvalue weighted by molar-refractivity contribution is 8.54. The van der Waals surface area contributed by atoms with E-state index >= 15 is 0 Å². The molecule has 0 spiro atoms. The second-order valence-corrected chi connectivity index (χ2v) is 24.8. The predicted molar refractivity (Wildman–Crippen MR) is 227 cm³/mol. The van der Waals surface area contributed by atoms with Crippen LogP contribution in [0.1, 0.15) is 92.3 Å². The van der Waals surface area contributed by atoms with Gasteiger partial charge in [-0.25, -0.2) is 0 Å². The van der Waals surface area contributed by atoms with Crippen molar-refractivity contribution in [3.05, 3.63) is 0 Å². The van der Waals surface area contributed by atoms with Crippen molar-refractivity contribution in [3.8, 4) is 0 Å². The highest BCUT2D eigenvalue weighted by atomic mass is 32.7. The van der Waals surface area contributed by atoms with Crippen LogP contribution in [0.15, 0.2) is 0 Å². The van der Waals surface area contributed by atoms with Gasteiger partial charge in [0.05, 0.1) is 0 Å². The minimum Gasteiger partial charge on any atom is -0.812 e. The van der Waals surface area contributed by atoms with Gasteiger partial charge >= 0.3 is 1.43 Å². The van der Waals surface area contributed by atoms with Crippen molar-refractivity contribution in [2.75, 3.05) is 117 Å². The minimum atomic E-state index is -4.43. The zero-order chi connectivity index (χ0) is 41.6. The molecule has 0 radical (unpaired) electrons. The average molecular weight is 901 g/mol. The van der Waals surface area contributed by atoms with E-state index in [-0.39, 0.29) is 1.43 Å². The minimum absolute atomic E-state index is 0. The van der Waals surface area contributed by atoms with Gasteiger partial charge < -0.3 is 69.1 Å². The van der Waals surface area contributed by atoms with Crippen LogP contribution in [0.5, 0.6) is 0 Å². The second kappa shape index (κ2) is 33.9. The van der Waals surface area contributed by atoms with Crippen LogP contribution in [0, 0.1) is 11.8 Å². The summed E-state index contributed by atoms with van der Waals surface area (Å²) in [5.41, 5.74) is 0. The van der Waals surface area contributed by atoms with Gasteiger partial charge in [0.15, 0.2) is 6.80 Å². The molecular weight excluding hydrogens is 826 g/mol. The SMILES string of the molecule is CC(CCCCN(C)CCCN1CC1)CCCN1CC1.CC(CCCCN(C)CCCNCCSP(=O)([O-])O)CCCNCCSP(=O)([O-])[O-].[H+].[O-]P([O-])(O)=S. The van der Waals surface area contributed by atoms with Crippen LogP contribution in [0.2, 0.25) is 0 Å². The van der Waals surface area contributed by atoms with Crippen molar-refractivity contribution in [2.24, 2.45) is 11.8 Å². The Morgan fingerprint density at radius 2 is 1.02 bits per heavy atom. The van der Waals surface area contributed by atoms with Crippen molar-refractivity contribution in [3.63, 3.8) is 0 Å². The Balaban J connectivity index is 0. The van der Waals surface area contributed by atoms with Crippen LogP contribution in [-0.2, 0) is 20.9 Å². The van der Waals surface area contributed by atoms with Gasteiger partial charge in [-0.15, -0.1) is 23.2 Å². The Labute approximate surface area is 348 Å². The number of hydrogen-bond donors (Lipinski definition) is 4. The molecule has 3 atom stereocenters. The molecule has 332 valence electrons. The third-order valence-corrected chi connectivity index (χ3v) is 13.7. The maximum absolute atomic E-state index is 10.6. The summed E-state index contributed by atoms with van der Waals surface area (Å²) in [4.78, 5) is 75.5. The number of nitrogens with zero attached hydrogens (tertiary/aromatic N) is 4. The van der Waals surface area contributed by atoms with Crippen LogP contribution < -0.4 is 35.1 Å². The Morgan fingerprint density at radius 3 is 1.47 bits per heavy atom. The van der Waals surface area contributed by atoms with Crippen molar-refractivity contribution in [2.45, 2.75) is 90.9 Å². The Hall–Kier alpha value is 1.29. The topological polar surface area (TPSA) is 226 Å². The Morgan fingerprint density at radius 1 is 0.636 bits per heavy atom. The standard InChI is InChI=1S/C17H41N3O6P2S2.C17H35N3.H3O3PS/c1-17(8-5-9-18-11-15-29-27(21,22)23)7-3-4-13-20(2)14-6-10-19-12-16-30-28(24,25)26;1-17(8-5-11-19-13-14-19)7-3-4-9-18(2)10-6-12-20-15-16-20;1-4(2,3)5/h17-19H,3-16H2,1-2H3,(H2,21,22,23)(H2,24,25,26);17H,3-16H2,1-2H3;(H3,1,2,3,5)/p-4. The largest absolute Gasteiger partial charge is 1.00 e. The van der Waals surface area contributed by atoms with Crippen molar-refractivity contribution in [1.29, 1.82) is 0 Å². The molecule has 2 saturated heterocycles. The fraction of sp³-hybridized carbons (Fsp3) is 1.00. The summed E-state index contributed by atoms with van der Waals surface area (Å²) in [5.74, 6) is 2.26. The molecular formula is C34H75N6O9P3S3-4. The summed E-state index contributed by atoms with van der Waals surface area (Å²) in [6.07, 6.45) is 15.2. The highest BCUT2D eigenvalue weighted by Crippen LogP contribution is 2.45. The molecule has 0 bridgehead atoms. The van der Waals surface area contributed by atoms with Gasteiger partial charge in [-0.1, -0.05) is 57.6 Å². The maximum atomic E-state index is 10.6. The lowest BCUT2D eigenvalue weighted by atomic mass is 9.99. The summed E-state index contributed by atoms with van der Waals surface area (Å²) in [6, 6.07) is 0. The Kier molecular flexibility index (Phi) is 34.7. The quantitative estimate of drug-likeness (QED) is 0.0407. The lowest BCUT2D eigenvalue weighted by Crippen LogP contribution is -2.26. The molecule has 55 heavy (non-hydrogen) atoms. The molecule has 0 aliphatic carbocycles. The predicted octanol–water partition coefficient (Wildman–Crippen LogP) is 1.39. The summed E-state index contributed by atoms with van der Waals surface area (Å²) in [5, 5.41) is 6.34. The molecule has 0 amide bonds. The maximum Gasteiger partial charge on any atom is 1.00 e. The molecule has 0 aromatic rings. The molecule has 2 heterocycles. The van der Waals surface area contributed by atoms with Gasteiger partial charge in [-0.05, 0) is 136 Å². The summed E-state index contributed by atoms with van der Waals surface area (Å²) >= 11 is 4.42. The molecule has 21 heteroatoms.